The molecule has 0 fully saturated rings. The average molecular weight is 281 g/mol. The van der Waals surface area contributed by atoms with E-state index in [-0.39, 0.29) is 5.97 Å². The van der Waals surface area contributed by atoms with Crippen molar-refractivity contribution < 1.29 is 9.53 Å². The second kappa shape index (κ2) is 4.57. The summed E-state index contributed by atoms with van der Waals surface area (Å²) in [6.45, 7) is 2.12. The van der Waals surface area contributed by atoms with E-state index in [4.69, 9.17) is 4.74 Å². The molecule has 2 aromatic heterocycles. The number of fused-ring (bicyclic) bond motifs is 1. The lowest BCUT2D eigenvalue weighted by Gasteiger charge is -2.02. The molecule has 0 radical (unpaired) electrons. The number of carbonyl (C=O) groups is 1. The van der Waals surface area contributed by atoms with E-state index in [9.17, 15) is 4.79 Å². The van der Waals surface area contributed by atoms with Crippen LogP contribution in [-0.4, -0.2) is 22.5 Å². The number of aromatic nitrogens is 2. The predicted octanol–water partition coefficient (Wildman–Crippen LogP) is 2.57. The lowest BCUT2D eigenvalue weighted by atomic mass is 10.2. The Labute approximate surface area is 101 Å². The third kappa shape index (κ3) is 2.19. The highest BCUT2D eigenvalue weighted by molar-refractivity contribution is 9.10. The predicted molar refractivity (Wildman–Crippen MR) is 63.2 cm³/mol. The Kier molecular flexibility index (Phi) is 3.14. The molecule has 0 aliphatic heterocycles. The molecule has 16 heavy (non-hydrogen) atoms. The number of esters is 1. The first-order valence-corrected chi connectivity index (χ1v) is 5.58. The molecule has 4 nitrogen and oxygen atoms in total. The minimum absolute atomic E-state index is 0.352. The second-order valence-corrected chi connectivity index (χ2v) is 4.05. The van der Waals surface area contributed by atoms with Crippen LogP contribution in [0.4, 0.5) is 0 Å². The van der Waals surface area contributed by atoms with Crippen LogP contribution in [0, 0.1) is 0 Å². The van der Waals surface area contributed by atoms with Gasteiger partial charge in [-0.05, 0) is 35.0 Å². The highest BCUT2D eigenvalue weighted by Crippen LogP contribution is 2.16. The first kappa shape index (κ1) is 11.0. The fourth-order valence-electron chi connectivity index (χ4n) is 1.30. The van der Waals surface area contributed by atoms with Crippen molar-refractivity contribution in [1.82, 2.24) is 9.97 Å². The van der Waals surface area contributed by atoms with Gasteiger partial charge in [0.1, 0.15) is 0 Å². The van der Waals surface area contributed by atoms with E-state index in [1.165, 1.54) is 6.20 Å². The van der Waals surface area contributed by atoms with E-state index in [0.29, 0.717) is 17.7 Å². The summed E-state index contributed by atoms with van der Waals surface area (Å²) >= 11 is 3.31. The maximum absolute atomic E-state index is 11.5. The van der Waals surface area contributed by atoms with Crippen LogP contribution >= 0.6 is 15.9 Å². The topological polar surface area (TPSA) is 52.1 Å². The zero-order valence-electron chi connectivity index (χ0n) is 8.61. The molecule has 0 amide bonds. The van der Waals surface area contributed by atoms with Crippen LogP contribution in [0.5, 0.6) is 0 Å². The third-order valence-electron chi connectivity index (χ3n) is 2.01. The molecule has 2 heterocycles. The molecule has 0 N–H and O–H groups in total. The van der Waals surface area contributed by atoms with Crippen molar-refractivity contribution in [3.63, 3.8) is 0 Å². The van der Waals surface area contributed by atoms with Crippen LogP contribution in [0.2, 0.25) is 0 Å². The maximum atomic E-state index is 11.5. The van der Waals surface area contributed by atoms with Gasteiger partial charge in [-0.25, -0.2) is 4.79 Å². The van der Waals surface area contributed by atoms with Crippen LogP contribution in [0.1, 0.15) is 17.3 Å². The molecule has 2 aromatic rings. The summed E-state index contributed by atoms with van der Waals surface area (Å²) < 4.78 is 5.74. The molecule has 2 rings (SSSR count). The first-order chi connectivity index (χ1) is 7.70. The SMILES string of the molecule is CCOC(=O)c1cnc2cc(Br)cnc2c1. The Balaban J connectivity index is 2.44. The summed E-state index contributed by atoms with van der Waals surface area (Å²) in [5, 5.41) is 0. The Morgan fingerprint density at radius 2 is 2.00 bits per heavy atom. The highest BCUT2D eigenvalue weighted by Gasteiger charge is 2.08. The number of nitrogens with zero attached hydrogens (tertiary/aromatic N) is 2. The van der Waals surface area contributed by atoms with E-state index >= 15 is 0 Å². The molecule has 0 bridgehead atoms. The molecule has 0 spiro atoms. The Hall–Kier alpha value is -1.49. The number of hydrogen-bond donors (Lipinski definition) is 0. The maximum Gasteiger partial charge on any atom is 0.339 e. The van der Waals surface area contributed by atoms with Gasteiger partial charge in [0, 0.05) is 16.9 Å². The number of rotatable bonds is 2. The van der Waals surface area contributed by atoms with Gasteiger partial charge in [0.15, 0.2) is 0 Å². The van der Waals surface area contributed by atoms with E-state index < -0.39 is 0 Å². The second-order valence-electron chi connectivity index (χ2n) is 3.14. The van der Waals surface area contributed by atoms with Crippen LogP contribution in [0.25, 0.3) is 11.0 Å². The van der Waals surface area contributed by atoms with Crippen molar-refractivity contribution >= 4 is 32.9 Å². The Morgan fingerprint density at radius 1 is 1.31 bits per heavy atom. The molecule has 0 aromatic carbocycles. The zero-order valence-corrected chi connectivity index (χ0v) is 10.2. The minimum Gasteiger partial charge on any atom is -0.462 e. The molecule has 0 aliphatic rings. The normalized spacial score (nSPS) is 10.4. The van der Waals surface area contributed by atoms with Gasteiger partial charge in [0.25, 0.3) is 0 Å². The van der Waals surface area contributed by atoms with E-state index in [2.05, 4.69) is 25.9 Å². The van der Waals surface area contributed by atoms with E-state index in [1.807, 2.05) is 6.07 Å². The minimum atomic E-state index is -0.374. The van der Waals surface area contributed by atoms with Crippen LogP contribution in [0.3, 0.4) is 0 Å². The summed E-state index contributed by atoms with van der Waals surface area (Å²) in [7, 11) is 0. The summed E-state index contributed by atoms with van der Waals surface area (Å²) in [6, 6.07) is 3.52. The van der Waals surface area contributed by atoms with Gasteiger partial charge in [-0.1, -0.05) is 0 Å². The van der Waals surface area contributed by atoms with Gasteiger partial charge in [0.05, 0.1) is 23.2 Å². The number of halogens is 1. The molecular weight excluding hydrogens is 272 g/mol. The highest BCUT2D eigenvalue weighted by atomic mass is 79.9. The standard InChI is InChI=1S/C11H9BrN2O2/c1-2-16-11(15)7-3-9-10(13-5-7)4-8(12)6-14-9/h3-6H,2H2,1H3. The summed E-state index contributed by atoms with van der Waals surface area (Å²) in [5.74, 6) is -0.374. The summed E-state index contributed by atoms with van der Waals surface area (Å²) in [4.78, 5) is 19.8. The van der Waals surface area contributed by atoms with Crippen LogP contribution in [-0.2, 0) is 4.74 Å². The smallest absolute Gasteiger partial charge is 0.339 e. The fourth-order valence-corrected chi connectivity index (χ4v) is 1.62. The van der Waals surface area contributed by atoms with Gasteiger partial charge in [0.2, 0.25) is 0 Å². The zero-order chi connectivity index (χ0) is 11.5. The largest absolute Gasteiger partial charge is 0.462 e. The van der Waals surface area contributed by atoms with Crippen LogP contribution < -0.4 is 0 Å². The van der Waals surface area contributed by atoms with Gasteiger partial charge in [-0.2, -0.15) is 0 Å². The molecule has 5 heteroatoms. The molecule has 0 unspecified atom stereocenters. The Bertz CT molecular complexity index is 542. The van der Waals surface area contributed by atoms with Crippen LogP contribution in [0.15, 0.2) is 29.0 Å². The summed E-state index contributed by atoms with van der Waals surface area (Å²) in [5.41, 5.74) is 1.83. The third-order valence-corrected chi connectivity index (χ3v) is 2.44. The molecular formula is C11H9BrN2O2. The molecule has 0 saturated carbocycles. The van der Waals surface area contributed by atoms with E-state index in [0.717, 1.165) is 9.99 Å². The average Bonchev–Trinajstić information content (AvgIpc) is 2.28. The van der Waals surface area contributed by atoms with Crippen molar-refractivity contribution in [3.05, 3.63) is 34.6 Å². The van der Waals surface area contributed by atoms with Crippen molar-refractivity contribution in [1.29, 1.82) is 0 Å². The first-order valence-electron chi connectivity index (χ1n) is 4.79. The van der Waals surface area contributed by atoms with Crippen molar-refractivity contribution in [2.75, 3.05) is 6.61 Å². The summed E-state index contributed by atoms with van der Waals surface area (Å²) in [6.07, 6.45) is 3.16. The van der Waals surface area contributed by atoms with Gasteiger partial charge >= 0.3 is 5.97 Å². The Morgan fingerprint density at radius 3 is 2.75 bits per heavy atom. The number of ether oxygens (including phenoxy) is 1. The van der Waals surface area contributed by atoms with E-state index in [1.54, 1.807) is 19.2 Å². The number of carbonyl (C=O) groups excluding carboxylic acids is 1. The molecule has 0 aliphatic carbocycles. The number of pyridine rings is 2. The monoisotopic (exact) mass is 280 g/mol. The van der Waals surface area contributed by atoms with Gasteiger partial charge in [-0.3, -0.25) is 9.97 Å². The molecule has 0 atom stereocenters. The van der Waals surface area contributed by atoms with Crippen molar-refractivity contribution in [3.8, 4) is 0 Å². The lowest BCUT2D eigenvalue weighted by Crippen LogP contribution is -2.05. The van der Waals surface area contributed by atoms with Gasteiger partial charge in [-0.15, -0.1) is 0 Å². The quantitative estimate of drug-likeness (QED) is 0.794. The van der Waals surface area contributed by atoms with Crippen molar-refractivity contribution in [2.45, 2.75) is 6.92 Å². The van der Waals surface area contributed by atoms with Gasteiger partial charge < -0.3 is 4.74 Å². The molecule has 0 saturated heterocycles. The number of hydrogen-bond acceptors (Lipinski definition) is 4. The molecule has 82 valence electrons. The van der Waals surface area contributed by atoms with Crippen molar-refractivity contribution in [2.24, 2.45) is 0 Å². The fraction of sp³-hybridized carbons (Fsp3) is 0.182. The lowest BCUT2D eigenvalue weighted by molar-refractivity contribution is 0.0526.